The van der Waals surface area contributed by atoms with Crippen LogP contribution in [0.2, 0.25) is 0 Å². The molecule has 8 nitrogen and oxygen atoms in total. The molecule has 0 bridgehead atoms. The van der Waals surface area contributed by atoms with Crippen LogP contribution >= 0.6 is 12.4 Å². The molecule has 0 radical (unpaired) electrons. The number of nitro groups is 1. The Balaban J connectivity index is 0.00000261. The molecule has 0 fully saturated rings. The molecule has 3 rings (SSSR count). The van der Waals surface area contributed by atoms with Gasteiger partial charge < -0.3 is 14.8 Å². The topological polar surface area (TPSA) is 99.4 Å². The van der Waals surface area contributed by atoms with E-state index < -0.39 is 4.92 Å². The zero-order valence-corrected chi connectivity index (χ0v) is 15.4. The van der Waals surface area contributed by atoms with Gasteiger partial charge in [-0.05, 0) is 24.3 Å². The Kier molecular flexibility index (Phi) is 6.51. The second-order valence-electron chi connectivity index (χ2n) is 5.25. The Hall–Kier alpha value is -3.39. The van der Waals surface area contributed by atoms with E-state index in [1.807, 2.05) is 24.3 Å². The molecule has 3 aromatic rings. The fraction of sp³-hybridized carbons (Fsp3) is 0.111. The molecule has 140 valence electrons. The third-order valence-corrected chi connectivity index (χ3v) is 3.71. The summed E-state index contributed by atoms with van der Waals surface area (Å²) in [5.74, 6) is 1.50. The molecule has 2 aromatic carbocycles. The first kappa shape index (κ1) is 19.9. The summed E-state index contributed by atoms with van der Waals surface area (Å²) in [5, 5.41) is 14.3. The molecule has 0 saturated heterocycles. The molecular formula is C18H17ClN4O4. The summed E-state index contributed by atoms with van der Waals surface area (Å²) >= 11 is 0. The van der Waals surface area contributed by atoms with Crippen LogP contribution in [0.4, 0.5) is 17.2 Å². The molecule has 0 amide bonds. The largest absolute Gasteiger partial charge is 0.496 e. The van der Waals surface area contributed by atoms with Crippen molar-refractivity contribution < 1.29 is 14.4 Å². The summed E-state index contributed by atoms with van der Waals surface area (Å²) in [4.78, 5) is 19.2. The Labute approximate surface area is 161 Å². The molecule has 0 unspecified atom stereocenters. The molecule has 0 aliphatic heterocycles. The number of benzene rings is 2. The van der Waals surface area contributed by atoms with Crippen molar-refractivity contribution >= 4 is 29.6 Å². The molecule has 9 heteroatoms. The second kappa shape index (κ2) is 8.81. The van der Waals surface area contributed by atoms with Gasteiger partial charge in [-0.25, -0.2) is 9.97 Å². The van der Waals surface area contributed by atoms with E-state index in [-0.39, 0.29) is 18.1 Å². The first-order valence-corrected chi connectivity index (χ1v) is 7.67. The van der Waals surface area contributed by atoms with Gasteiger partial charge >= 0.3 is 0 Å². The van der Waals surface area contributed by atoms with Crippen molar-refractivity contribution in [3.05, 3.63) is 65.0 Å². The van der Waals surface area contributed by atoms with Crippen molar-refractivity contribution in [2.45, 2.75) is 0 Å². The fourth-order valence-electron chi connectivity index (χ4n) is 2.46. The highest BCUT2D eigenvalue weighted by molar-refractivity contribution is 5.85. The molecule has 1 aromatic heterocycles. The number of nitrogens with one attached hydrogen (secondary N) is 1. The third kappa shape index (κ3) is 4.42. The lowest BCUT2D eigenvalue weighted by Gasteiger charge is -2.10. The Morgan fingerprint density at radius 2 is 1.81 bits per heavy atom. The van der Waals surface area contributed by atoms with Gasteiger partial charge in [-0.15, -0.1) is 12.4 Å². The number of ether oxygens (including phenoxy) is 2. The molecule has 0 aliphatic carbocycles. The van der Waals surface area contributed by atoms with E-state index in [0.29, 0.717) is 28.7 Å². The first-order chi connectivity index (χ1) is 12.6. The van der Waals surface area contributed by atoms with Crippen molar-refractivity contribution in [1.82, 2.24) is 9.97 Å². The smallest absolute Gasteiger partial charge is 0.296 e. The van der Waals surface area contributed by atoms with Gasteiger partial charge in [0, 0.05) is 11.6 Å². The Morgan fingerprint density at radius 3 is 2.52 bits per heavy atom. The first-order valence-electron chi connectivity index (χ1n) is 7.67. The predicted molar refractivity (Wildman–Crippen MR) is 104 cm³/mol. The van der Waals surface area contributed by atoms with Gasteiger partial charge in [0.2, 0.25) is 0 Å². The highest BCUT2D eigenvalue weighted by Gasteiger charge is 2.16. The maximum Gasteiger partial charge on any atom is 0.296 e. The molecule has 0 saturated carbocycles. The van der Waals surface area contributed by atoms with Crippen LogP contribution in [0.3, 0.4) is 0 Å². The van der Waals surface area contributed by atoms with E-state index in [4.69, 9.17) is 9.47 Å². The lowest BCUT2D eigenvalue weighted by Crippen LogP contribution is -2.00. The summed E-state index contributed by atoms with van der Waals surface area (Å²) in [5.41, 5.74) is 1.63. The number of rotatable bonds is 6. The third-order valence-electron chi connectivity index (χ3n) is 3.71. The number of nitro benzene ring substituents is 1. The predicted octanol–water partition coefficient (Wildman–Crippen LogP) is 4.23. The monoisotopic (exact) mass is 388 g/mol. The molecular weight excluding hydrogens is 372 g/mol. The van der Waals surface area contributed by atoms with E-state index in [2.05, 4.69) is 15.3 Å². The molecule has 1 heterocycles. The van der Waals surface area contributed by atoms with Crippen LogP contribution in [0.5, 0.6) is 11.5 Å². The molecule has 1 N–H and O–H groups in total. The summed E-state index contributed by atoms with van der Waals surface area (Å²) in [6, 6.07) is 13.7. The van der Waals surface area contributed by atoms with Gasteiger partial charge in [-0.3, -0.25) is 10.1 Å². The number of hydrogen-bond acceptors (Lipinski definition) is 7. The molecule has 0 spiro atoms. The van der Waals surface area contributed by atoms with Crippen molar-refractivity contribution in [2.24, 2.45) is 0 Å². The summed E-state index contributed by atoms with van der Waals surface area (Å²) in [7, 11) is 3.04. The van der Waals surface area contributed by atoms with Crippen LogP contribution in [0.1, 0.15) is 0 Å². The summed E-state index contributed by atoms with van der Waals surface area (Å²) in [6.07, 6.45) is 1.39. The van der Waals surface area contributed by atoms with E-state index in [0.717, 1.165) is 5.56 Å². The molecule has 0 atom stereocenters. The highest BCUT2D eigenvalue weighted by Crippen LogP contribution is 2.33. The van der Waals surface area contributed by atoms with Gasteiger partial charge in [0.15, 0.2) is 0 Å². The number of nitrogens with zero attached hydrogens (tertiary/aromatic N) is 3. The minimum Gasteiger partial charge on any atom is -0.496 e. The molecule has 27 heavy (non-hydrogen) atoms. The lowest BCUT2D eigenvalue weighted by molar-refractivity contribution is -0.384. The summed E-state index contributed by atoms with van der Waals surface area (Å²) < 4.78 is 10.4. The Bertz CT molecular complexity index is 952. The number of aromatic nitrogens is 2. The van der Waals surface area contributed by atoms with Crippen LogP contribution in [0, 0.1) is 10.1 Å². The minimum atomic E-state index is -0.479. The van der Waals surface area contributed by atoms with Crippen molar-refractivity contribution in [3.8, 4) is 22.8 Å². The quantitative estimate of drug-likeness (QED) is 0.498. The van der Waals surface area contributed by atoms with Crippen LogP contribution in [0.15, 0.2) is 54.9 Å². The zero-order valence-electron chi connectivity index (χ0n) is 14.6. The highest BCUT2D eigenvalue weighted by atomic mass is 35.5. The number of halogens is 1. The van der Waals surface area contributed by atoms with E-state index in [9.17, 15) is 10.1 Å². The standard InChI is InChI=1S/C18H16N4O4.ClH/c1-25-12-7-8-14(16(9-12)22(23)24)21-18-10-15(19-11-20-18)13-5-3-4-6-17(13)26-2;/h3-11H,1-2H3,(H,19,20,21);1H. The van der Waals surface area contributed by atoms with Gasteiger partial charge in [-0.2, -0.15) is 0 Å². The Morgan fingerprint density at radius 1 is 1.04 bits per heavy atom. The van der Waals surface area contributed by atoms with Gasteiger partial charge in [-0.1, -0.05) is 12.1 Å². The van der Waals surface area contributed by atoms with Crippen molar-refractivity contribution in [1.29, 1.82) is 0 Å². The van der Waals surface area contributed by atoms with Crippen molar-refractivity contribution in [3.63, 3.8) is 0 Å². The lowest BCUT2D eigenvalue weighted by atomic mass is 10.1. The van der Waals surface area contributed by atoms with E-state index in [1.54, 1.807) is 25.3 Å². The number of methoxy groups -OCH3 is 2. The van der Waals surface area contributed by atoms with Gasteiger partial charge in [0.25, 0.3) is 5.69 Å². The second-order valence-corrected chi connectivity index (χ2v) is 5.25. The molecule has 0 aliphatic rings. The maximum absolute atomic E-state index is 11.3. The SMILES string of the molecule is COc1ccc(Nc2cc(-c3ccccc3OC)ncn2)c([N+](=O)[O-])c1.Cl. The van der Waals surface area contributed by atoms with E-state index >= 15 is 0 Å². The van der Waals surface area contributed by atoms with E-state index in [1.165, 1.54) is 19.5 Å². The van der Waals surface area contributed by atoms with Crippen LogP contribution in [-0.2, 0) is 0 Å². The number of para-hydroxylation sites is 1. The normalized spacial score (nSPS) is 9.85. The zero-order chi connectivity index (χ0) is 18.5. The minimum absolute atomic E-state index is 0. The maximum atomic E-state index is 11.3. The van der Waals surface area contributed by atoms with Crippen LogP contribution in [0.25, 0.3) is 11.3 Å². The average molecular weight is 389 g/mol. The summed E-state index contributed by atoms with van der Waals surface area (Å²) in [6.45, 7) is 0. The van der Waals surface area contributed by atoms with Gasteiger partial charge in [0.1, 0.15) is 29.3 Å². The number of hydrogen-bond donors (Lipinski definition) is 1. The average Bonchev–Trinajstić information content (AvgIpc) is 2.68. The van der Waals surface area contributed by atoms with Crippen molar-refractivity contribution in [2.75, 3.05) is 19.5 Å². The fourth-order valence-corrected chi connectivity index (χ4v) is 2.46. The number of anilines is 2. The van der Waals surface area contributed by atoms with Crippen LogP contribution in [-0.4, -0.2) is 29.1 Å². The van der Waals surface area contributed by atoms with Gasteiger partial charge in [0.05, 0.1) is 30.9 Å². The van der Waals surface area contributed by atoms with Crippen LogP contribution < -0.4 is 14.8 Å².